The summed E-state index contributed by atoms with van der Waals surface area (Å²) in [4.78, 5) is 18.3. The van der Waals surface area contributed by atoms with Crippen molar-refractivity contribution < 1.29 is 13.9 Å². The zero-order valence-corrected chi connectivity index (χ0v) is 13.8. The number of nitrogens with one attached hydrogen (secondary N) is 1. The minimum atomic E-state index is -0.438. The molecule has 5 heteroatoms. The van der Waals surface area contributed by atoms with Crippen LogP contribution in [-0.2, 0) is 9.53 Å². The number of carbonyl (C=O) groups excluding carboxylic acids is 1. The second-order valence-corrected chi connectivity index (χ2v) is 5.68. The molecular weight excluding hydrogens is 319 g/mol. The molecule has 0 aliphatic heterocycles. The van der Waals surface area contributed by atoms with Gasteiger partial charge in [0.05, 0.1) is 25.1 Å². The summed E-state index contributed by atoms with van der Waals surface area (Å²) in [5, 5.41) is 0.523. The van der Waals surface area contributed by atoms with Crippen LogP contribution in [0.2, 0.25) is 0 Å². The van der Waals surface area contributed by atoms with Crippen LogP contribution in [0.15, 0.2) is 48.7 Å². The number of benzene rings is 2. The van der Waals surface area contributed by atoms with Crippen LogP contribution in [-0.4, -0.2) is 17.6 Å². The summed E-state index contributed by atoms with van der Waals surface area (Å²) >= 11 is 0. The Balaban J connectivity index is 2.11. The molecule has 0 radical (unpaired) electrons. The van der Waals surface area contributed by atoms with Gasteiger partial charge in [0.2, 0.25) is 5.69 Å². The molecule has 4 nitrogen and oxygen atoms in total. The highest BCUT2D eigenvalue weighted by atomic mass is 19.1. The number of hydrogen-bond acceptors (Lipinski definition) is 2. The molecule has 0 amide bonds. The summed E-state index contributed by atoms with van der Waals surface area (Å²) in [5.41, 5.74) is 2.21. The van der Waals surface area contributed by atoms with Crippen molar-refractivity contribution in [3.63, 3.8) is 0 Å². The molecule has 1 atom stereocenters. The molecule has 1 N–H and O–H groups in total. The van der Waals surface area contributed by atoms with Crippen LogP contribution in [0.1, 0.15) is 30.4 Å². The third kappa shape index (κ3) is 3.38. The Morgan fingerprint density at radius 1 is 1.28 bits per heavy atom. The molecule has 0 fully saturated rings. The molecule has 2 aromatic carbocycles. The van der Waals surface area contributed by atoms with Crippen LogP contribution in [0.4, 0.5) is 10.1 Å². The van der Waals surface area contributed by atoms with Gasteiger partial charge in [0, 0.05) is 17.5 Å². The summed E-state index contributed by atoms with van der Waals surface area (Å²) in [7, 11) is 0. The summed E-state index contributed by atoms with van der Waals surface area (Å²) in [6.45, 7) is 9.28. The maximum atomic E-state index is 14.5. The molecule has 0 aliphatic carbocycles. The second-order valence-electron chi connectivity index (χ2n) is 5.68. The Morgan fingerprint density at radius 2 is 2.04 bits per heavy atom. The van der Waals surface area contributed by atoms with E-state index in [-0.39, 0.29) is 18.3 Å². The SMILES string of the molecule is [C-]#[N+]c1c[nH]c2c(F)cc(C(CC(=O)OCC)c3ccccc3)cc12. The van der Waals surface area contributed by atoms with Crippen molar-refractivity contribution in [1.82, 2.24) is 4.98 Å². The van der Waals surface area contributed by atoms with Crippen molar-refractivity contribution in [3.05, 3.63) is 77.0 Å². The number of fused-ring (bicyclic) bond motifs is 1. The first-order valence-corrected chi connectivity index (χ1v) is 8.02. The average molecular weight is 336 g/mol. The number of aromatic nitrogens is 1. The molecule has 0 spiro atoms. The van der Waals surface area contributed by atoms with E-state index in [0.717, 1.165) is 5.56 Å². The highest BCUT2D eigenvalue weighted by Crippen LogP contribution is 2.35. The number of aromatic amines is 1. The molecule has 3 aromatic rings. The van der Waals surface area contributed by atoms with Gasteiger partial charge in [-0.25, -0.2) is 9.24 Å². The first-order valence-electron chi connectivity index (χ1n) is 8.02. The lowest BCUT2D eigenvalue weighted by Gasteiger charge is -2.18. The van der Waals surface area contributed by atoms with Gasteiger partial charge in [0.25, 0.3) is 0 Å². The number of nitrogens with zero attached hydrogens (tertiary/aromatic N) is 1. The van der Waals surface area contributed by atoms with Crippen molar-refractivity contribution in [1.29, 1.82) is 0 Å². The van der Waals surface area contributed by atoms with E-state index in [2.05, 4.69) is 9.83 Å². The Bertz CT molecular complexity index is 941. The molecule has 1 aromatic heterocycles. The predicted molar refractivity (Wildman–Crippen MR) is 94.1 cm³/mol. The van der Waals surface area contributed by atoms with Crippen LogP contribution >= 0.6 is 0 Å². The summed E-state index contributed by atoms with van der Waals surface area (Å²) < 4.78 is 19.6. The molecule has 0 saturated heterocycles. The molecule has 3 rings (SSSR count). The van der Waals surface area contributed by atoms with Gasteiger partial charge >= 0.3 is 5.97 Å². The van der Waals surface area contributed by atoms with Gasteiger partial charge in [-0.1, -0.05) is 36.4 Å². The van der Waals surface area contributed by atoms with E-state index in [0.29, 0.717) is 28.8 Å². The minimum Gasteiger partial charge on any atom is -0.466 e. The van der Waals surface area contributed by atoms with Gasteiger partial charge in [0.15, 0.2) is 0 Å². The smallest absolute Gasteiger partial charge is 0.306 e. The van der Waals surface area contributed by atoms with Gasteiger partial charge in [-0.3, -0.25) is 4.79 Å². The maximum Gasteiger partial charge on any atom is 0.306 e. The van der Waals surface area contributed by atoms with Crippen LogP contribution < -0.4 is 0 Å². The Kier molecular flexibility index (Phi) is 4.80. The van der Waals surface area contributed by atoms with Gasteiger partial charge in [-0.2, -0.15) is 0 Å². The fourth-order valence-corrected chi connectivity index (χ4v) is 2.99. The Labute approximate surface area is 145 Å². The quantitative estimate of drug-likeness (QED) is 0.530. The monoisotopic (exact) mass is 336 g/mol. The van der Waals surface area contributed by atoms with Crippen LogP contribution in [0, 0.1) is 12.4 Å². The highest BCUT2D eigenvalue weighted by Gasteiger charge is 2.21. The van der Waals surface area contributed by atoms with Crippen molar-refractivity contribution in [3.8, 4) is 0 Å². The number of carbonyl (C=O) groups is 1. The molecule has 1 unspecified atom stereocenters. The number of rotatable bonds is 5. The average Bonchev–Trinajstić information content (AvgIpc) is 3.04. The molecule has 126 valence electrons. The highest BCUT2D eigenvalue weighted by molar-refractivity contribution is 5.94. The van der Waals surface area contributed by atoms with E-state index in [4.69, 9.17) is 11.3 Å². The largest absolute Gasteiger partial charge is 0.466 e. The fraction of sp³-hybridized carbons (Fsp3) is 0.200. The van der Waals surface area contributed by atoms with Crippen LogP contribution in [0.25, 0.3) is 15.7 Å². The first kappa shape index (κ1) is 16.7. The first-order chi connectivity index (χ1) is 12.1. The number of halogens is 1. The van der Waals surface area contributed by atoms with Crippen molar-refractivity contribution in [2.75, 3.05) is 6.61 Å². The topological polar surface area (TPSA) is 46.5 Å². The van der Waals surface area contributed by atoms with E-state index in [9.17, 15) is 9.18 Å². The van der Waals surface area contributed by atoms with Gasteiger partial charge < -0.3 is 9.72 Å². The van der Waals surface area contributed by atoms with Gasteiger partial charge in [-0.15, -0.1) is 0 Å². The summed E-state index contributed by atoms with van der Waals surface area (Å²) in [6, 6.07) is 12.6. The van der Waals surface area contributed by atoms with Crippen LogP contribution in [0.5, 0.6) is 0 Å². The summed E-state index contributed by atoms with van der Waals surface area (Å²) in [6.07, 6.45) is 1.61. The minimum absolute atomic E-state index is 0.112. The van der Waals surface area contributed by atoms with E-state index >= 15 is 0 Å². The van der Waals surface area contributed by atoms with E-state index in [1.807, 2.05) is 30.3 Å². The van der Waals surface area contributed by atoms with Gasteiger partial charge in [0.1, 0.15) is 5.82 Å². The van der Waals surface area contributed by atoms with Gasteiger partial charge in [-0.05, 0) is 24.1 Å². The van der Waals surface area contributed by atoms with E-state index in [1.54, 1.807) is 13.0 Å². The predicted octanol–water partition coefficient (Wildman–Crippen LogP) is 4.94. The van der Waals surface area contributed by atoms with Crippen molar-refractivity contribution in [2.24, 2.45) is 0 Å². The summed E-state index contributed by atoms with van der Waals surface area (Å²) in [5.74, 6) is -1.11. The number of ether oxygens (including phenoxy) is 1. The molecule has 0 aliphatic rings. The fourth-order valence-electron chi connectivity index (χ4n) is 2.99. The zero-order chi connectivity index (χ0) is 17.8. The lowest BCUT2D eigenvalue weighted by Crippen LogP contribution is -2.12. The molecule has 0 saturated carbocycles. The molecule has 1 heterocycles. The number of esters is 1. The van der Waals surface area contributed by atoms with Crippen LogP contribution in [0.3, 0.4) is 0 Å². The number of H-pyrrole nitrogens is 1. The normalized spacial score (nSPS) is 11.9. The van der Waals surface area contributed by atoms with Crippen molar-refractivity contribution >= 4 is 22.6 Å². The maximum absolute atomic E-state index is 14.5. The Hall–Kier alpha value is -3.13. The molecule has 0 bridgehead atoms. The second kappa shape index (κ2) is 7.18. The molecule has 25 heavy (non-hydrogen) atoms. The standard InChI is InChI=1S/C20H17FN2O2/c1-3-25-19(24)11-15(13-7-5-4-6-8-13)14-9-16-18(22-2)12-23-20(16)17(21)10-14/h4-10,12,15,23H,3,11H2,1H3. The lowest BCUT2D eigenvalue weighted by molar-refractivity contribution is -0.143. The third-order valence-corrected chi connectivity index (χ3v) is 4.14. The van der Waals surface area contributed by atoms with E-state index < -0.39 is 5.82 Å². The Morgan fingerprint density at radius 3 is 2.72 bits per heavy atom. The molecular formula is C20H17FN2O2. The number of hydrogen-bond donors (Lipinski definition) is 1. The zero-order valence-electron chi connectivity index (χ0n) is 13.8. The third-order valence-electron chi connectivity index (χ3n) is 4.14. The van der Waals surface area contributed by atoms with E-state index in [1.165, 1.54) is 12.3 Å². The lowest BCUT2D eigenvalue weighted by atomic mass is 9.88. The van der Waals surface area contributed by atoms with Crippen molar-refractivity contribution in [2.45, 2.75) is 19.3 Å².